The number of hydrogen-bond acceptors (Lipinski definition) is 2. The molecular formula is C16H19ClN2O2. The summed E-state index contributed by atoms with van der Waals surface area (Å²) in [6.07, 6.45) is 3.89. The van der Waals surface area contributed by atoms with Crippen molar-refractivity contribution in [2.24, 2.45) is 0 Å². The quantitative estimate of drug-likeness (QED) is 0.912. The third-order valence-corrected chi connectivity index (χ3v) is 4.68. The lowest BCUT2D eigenvalue weighted by molar-refractivity contribution is -0.139. The third-order valence-electron chi connectivity index (χ3n) is 4.43. The molecule has 1 aliphatic carbocycles. The number of carbonyl (C=O) groups is 2. The molecule has 112 valence electrons. The molecule has 0 bridgehead atoms. The van der Waals surface area contributed by atoms with Gasteiger partial charge in [-0.2, -0.15) is 0 Å². The Labute approximate surface area is 129 Å². The number of benzene rings is 1. The van der Waals surface area contributed by atoms with Gasteiger partial charge in [-0.1, -0.05) is 36.6 Å². The minimum Gasteiger partial charge on any atom is -0.342 e. The Morgan fingerprint density at radius 1 is 1.14 bits per heavy atom. The van der Waals surface area contributed by atoms with Crippen molar-refractivity contribution < 1.29 is 9.59 Å². The molecule has 3 rings (SSSR count). The van der Waals surface area contributed by atoms with Crippen LogP contribution in [0, 0.1) is 0 Å². The average molecular weight is 307 g/mol. The Kier molecular flexibility index (Phi) is 3.89. The predicted octanol–water partition coefficient (Wildman–Crippen LogP) is 2.50. The largest absolute Gasteiger partial charge is 0.342 e. The van der Waals surface area contributed by atoms with E-state index in [9.17, 15) is 9.59 Å². The first-order chi connectivity index (χ1) is 10.1. The maximum atomic E-state index is 12.9. The van der Waals surface area contributed by atoms with E-state index < -0.39 is 5.54 Å². The van der Waals surface area contributed by atoms with E-state index in [0.29, 0.717) is 24.5 Å². The van der Waals surface area contributed by atoms with E-state index in [4.69, 9.17) is 11.6 Å². The minimum atomic E-state index is -0.653. The van der Waals surface area contributed by atoms with Crippen molar-refractivity contribution >= 4 is 23.4 Å². The van der Waals surface area contributed by atoms with Crippen molar-refractivity contribution in [3.63, 3.8) is 0 Å². The topological polar surface area (TPSA) is 49.4 Å². The van der Waals surface area contributed by atoms with Crippen molar-refractivity contribution in [3.05, 3.63) is 34.9 Å². The molecule has 1 aromatic rings. The molecule has 1 aliphatic heterocycles. The van der Waals surface area contributed by atoms with Gasteiger partial charge >= 0.3 is 0 Å². The van der Waals surface area contributed by atoms with E-state index >= 15 is 0 Å². The van der Waals surface area contributed by atoms with Gasteiger partial charge in [0.25, 0.3) is 0 Å². The highest BCUT2D eigenvalue weighted by Gasteiger charge is 2.46. The maximum absolute atomic E-state index is 12.9. The van der Waals surface area contributed by atoms with Crippen molar-refractivity contribution in [2.75, 3.05) is 6.54 Å². The van der Waals surface area contributed by atoms with Gasteiger partial charge in [-0.15, -0.1) is 0 Å². The van der Waals surface area contributed by atoms with Crippen LogP contribution in [0.1, 0.15) is 37.7 Å². The predicted molar refractivity (Wildman–Crippen MR) is 80.8 cm³/mol. The van der Waals surface area contributed by atoms with Crippen LogP contribution in [0.4, 0.5) is 0 Å². The van der Waals surface area contributed by atoms with Crippen LogP contribution in [0.15, 0.2) is 24.3 Å². The second kappa shape index (κ2) is 5.68. The monoisotopic (exact) mass is 306 g/mol. The second-order valence-electron chi connectivity index (χ2n) is 5.94. The van der Waals surface area contributed by atoms with E-state index in [0.717, 1.165) is 31.2 Å². The Morgan fingerprint density at radius 2 is 1.81 bits per heavy atom. The van der Waals surface area contributed by atoms with Crippen LogP contribution in [-0.2, 0) is 16.1 Å². The van der Waals surface area contributed by atoms with Gasteiger partial charge in [0.15, 0.2) is 0 Å². The zero-order valence-corrected chi connectivity index (χ0v) is 12.7. The third kappa shape index (κ3) is 2.91. The molecule has 1 saturated heterocycles. The number of rotatable bonds is 2. The van der Waals surface area contributed by atoms with Gasteiger partial charge < -0.3 is 10.2 Å². The zero-order chi connectivity index (χ0) is 14.9. The van der Waals surface area contributed by atoms with Gasteiger partial charge in [-0.05, 0) is 30.5 Å². The number of amides is 2. The summed E-state index contributed by atoms with van der Waals surface area (Å²) in [5.41, 5.74) is 0.384. The van der Waals surface area contributed by atoms with Gasteiger partial charge in [0.05, 0.1) is 0 Å². The standard InChI is InChI=1S/C16H19ClN2O2/c17-13-5-3-12(4-6-13)11-19-10-7-14(20)18-16(15(19)21)8-1-2-9-16/h3-6H,1-2,7-11H2,(H,18,20). The fourth-order valence-corrected chi connectivity index (χ4v) is 3.43. The van der Waals surface area contributed by atoms with E-state index in [1.807, 2.05) is 29.2 Å². The van der Waals surface area contributed by atoms with Gasteiger partial charge in [0.2, 0.25) is 11.8 Å². The van der Waals surface area contributed by atoms with E-state index in [1.165, 1.54) is 0 Å². The summed E-state index contributed by atoms with van der Waals surface area (Å²) < 4.78 is 0. The molecule has 0 aromatic heterocycles. The molecule has 1 N–H and O–H groups in total. The molecule has 1 saturated carbocycles. The first kappa shape index (κ1) is 14.4. The van der Waals surface area contributed by atoms with Gasteiger partial charge in [0, 0.05) is 24.5 Å². The summed E-state index contributed by atoms with van der Waals surface area (Å²) in [7, 11) is 0. The highest BCUT2D eigenvalue weighted by molar-refractivity contribution is 6.30. The van der Waals surface area contributed by atoms with Crippen LogP contribution in [0.3, 0.4) is 0 Å². The van der Waals surface area contributed by atoms with Crippen LogP contribution < -0.4 is 5.32 Å². The summed E-state index contributed by atoms with van der Waals surface area (Å²) in [6.45, 7) is 1.02. The fourth-order valence-electron chi connectivity index (χ4n) is 3.30. The lowest BCUT2D eigenvalue weighted by Crippen LogP contribution is -2.55. The van der Waals surface area contributed by atoms with Gasteiger partial charge in [-0.25, -0.2) is 0 Å². The first-order valence-electron chi connectivity index (χ1n) is 7.44. The molecular weight excluding hydrogens is 288 g/mol. The minimum absolute atomic E-state index is 0.0103. The second-order valence-corrected chi connectivity index (χ2v) is 6.38. The summed E-state index contributed by atoms with van der Waals surface area (Å²) in [5, 5.41) is 3.66. The summed E-state index contributed by atoms with van der Waals surface area (Å²) in [5.74, 6) is 0.0599. The van der Waals surface area contributed by atoms with Crippen molar-refractivity contribution in [1.82, 2.24) is 10.2 Å². The average Bonchev–Trinajstić information content (AvgIpc) is 2.90. The van der Waals surface area contributed by atoms with Crippen LogP contribution in [0.5, 0.6) is 0 Å². The number of nitrogens with one attached hydrogen (secondary N) is 1. The van der Waals surface area contributed by atoms with E-state index in [2.05, 4.69) is 5.32 Å². The molecule has 5 heteroatoms. The summed E-state index contributed by atoms with van der Waals surface area (Å²) in [4.78, 5) is 26.6. The highest BCUT2D eigenvalue weighted by atomic mass is 35.5. The maximum Gasteiger partial charge on any atom is 0.248 e. The fraction of sp³-hybridized carbons (Fsp3) is 0.500. The van der Waals surface area contributed by atoms with Crippen LogP contribution >= 0.6 is 11.6 Å². The van der Waals surface area contributed by atoms with Crippen molar-refractivity contribution in [1.29, 1.82) is 0 Å². The Bertz CT molecular complexity index is 550. The molecule has 0 atom stereocenters. The SMILES string of the molecule is O=C1CCN(Cc2ccc(Cl)cc2)C(=O)C2(CCCC2)N1. The molecule has 1 spiro atoms. The van der Waals surface area contributed by atoms with Crippen LogP contribution in [-0.4, -0.2) is 28.8 Å². The molecule has 2 fully saturated rings. The number of halogens is 1. The van der Waals surface area contributed by atoms with E-state index in [-0.39, 0.29) is 11.8 Å². The molecule has 21 heavy (non-hydrogen) atoms. The van der Waals surface area contributed by atoms with E-state index in [1.54, 1.807) is 0 Å². The lowest BCUT2D eigenvalue weighted by atomic mass is 9.95. The number of nitrogens with zero attached hydrogens (tertiary/aromatic N) is 1. The summed E-state index contributed by atoms with van der Waals surface area (Å²) >= 11 is 5.89. The highest BCUT2D eigenvalue weighted by Crippen LogP contribution is 2.33. The molecule has 1 aromatic carbocycles. The van der Waals surface area contributed by atoms with Crippen LogP contribution in [0.2, 0.25) is 5.02 Å². The van der Waals surface area contributed by atoms with Crippen molar-refractivity contribution in [3.8, 4) is 0 Å². The Morgan fingerprint density at radius 3 is 2.48 bits per heavy atom. The van der Waals surface area contributed by atoms with Crippen molar-refractivity contribution in [2.45, 2.75) is 44.2 Å². The summed E-state index contributed by atoms with van der Waals surface area (Å²) in [6, 6.07) is 7.51. The lowest BCUT2D eigenvalue weighted by Gasteiger charge is -2.31. The molecule has 1 heterocycles. The number of carbonyl (C=O) groups excluding carboxylic acids is 2. The Hall–Kier alpha value is -1.55. The zero-order valence-electron chi connectivity index (χ0n) is 11.9. The number of hydrogen-bond donors (Lipinski definition) is 1. The first-order valence-corrected chi connectivity index (χ1v) is 7.82. The molecule has 2 aliphatic rings. The molecule has 4 nitrogen and oxygen atoms in total. The molecule has 0 unspecified atom stereocenters. The smallest absolute Gasteiger partial charge is 0.248 e. The Balaban J connectivity index is 1.81. The van der Waals surface area contributed by atoms with Crippen LogP contribution in [0.25, 0.3) is 0 Å². The molecule has 0 radical (unpaired) electrons. The molecule has 2 amide bonds. The van der Waals surface area contributed by atoms with Gasteiger partial charge in [0.1, 0.15) is 5.54 Å². The van der Waals surface area contributed by atoms with Gasteiger partial charge in [-0.3, -0.25) is 9.59 Å². The normalized spacial score (nSPS) is 21.5.